The van der Waals surface area contributed by atoms with Crippen LogP contribution in [-0.2, 0) is 4.79 Å². The number of hydrogen-bond donors (Lipinski definition) is 1. The molecule has 4 nitrogen and oxygen atoms in total. The van der Waals surface area contributed by atoms with E-state index in [2.05, 4.69) is 10.3 Å². The zero-order chi connectivity index (χ0) is 15.5. The van der Waals surface area contributed by atoms with Crippen molar-refractivity contribution in [2.24, 2.45) is 0 Å². The highest BCUT2D eigenvalue weighted by atomic mass is 19.1. The van der Waals surface area contributed by atoms with Crippen molar-refractivity contribution < 1.29 is 18.0 Å². The molecule has 0 aliphatic carbocycles. The van der Waals surface area contributed by atoms with Crippen molar-refractivity contribution in [1.82, 2.24) is 4.98 Å². The van der Waals surface area contributed by atoms with Crippen molar-refractivity contribution in [1.29, 1.82) is 0 Å². The molecule has 2 aromatic carbocycles. The number of halogens is 2. The minimum absolute atomic E-state index is 0.103. The summed E-state index contributed by atoms with van der Waals surface area (Å²) in [5, 5.41) is 2.30. The normalized spacial score (nSPS) is 11.2. The maximum Gasteiger partial charge on any atom is 0.248 e. The van der Waals surface area contributed by atoms with Crippen molar-refractivity contribution in [3.8, 4) is 0 Å². The third-order valence-corrected chi connectivity index (χ3v) is 2.88. The van der Waals surface area contributed by atoms with Gasteiger partial charge in [-0.05, 0) is 24.3 Å². The summed E-state index contributed by atoms with van der Waals surface area (Å²) in [6.45, 7) is 0. The third kappa shape index (κ3) is 3.01. The molecule has 0 aliphatic heterocycles. The molecule has 0 unspecified atom stereocenters. The van der Waals surface area contributed by atoms with Gasteiger partial charge in [0.1, 0.15) is 17.2 Å². The number of nitrogens with one attached hydrogen (secondary N) is 1. The van der Waals surface area contributed by atoms with Gasteiger partial charge in [-0.15, -0.1) is 0 Å². The van der Waals surface area contributed by atoms with Gasteiger partial charge in [-0.25, -0.2) is 13.8 Å². The molecule has 0 saturated carbocycles. The second-order valence-corrected chi connectivity index (χ2v) is 4.47. The van der Waals surface area contributed by atoms with Gasteiger partial charge in [0.15, 0.2) is 5.58 Å². The molecular formula is C16H10F2N2O2. The number of aromatic nitrogens is 1. The number of hydrogen-bond acceptors (Lipinski definition) is 3. The summed E-state index contributed by atoms with van der Waals surface area (Å²) in [4.78, 5) is 15.9. The first-order valence-electron chi connectivity index (χ1n) is 6.41. The van der Waals surface area contributed by atoms with E-state index in [0.717, 1.165) is 18.2 Å². The molecule has 1 amide bonds. The predicted molar refractivity (Wildman–Crippen MR) is 78.0 cm³/mol. The Kier molecular flexibility index (Phi) is 3.65. The van der Waals surface area contributed by atoms with Crippen LogP contribution in [-0.4, -0.2) is 10.9 Å². The molecule has 3 aromatic rings. The topological polar surface area (TPSA) is 55.1 Å². The van der Waals surface area contributed by atoms with Gasteiger partial charge >= 0.3 is 0 Å². The summed E-state index contributed by atoms with van der Waals surface area (Å²) in [5.74, 6) is -1.87. The summed E-state index contributed by atoms with van der Waals surface area (Å²) in [7, 11) is 0. The van der Waals surface area contributed by atoms with Crippen LogP contribution in [0.3, 0.4) is 0 Å². The Bertz CT molecular complexity index is 838. The number of nitrogens with zero attached hydrogens (tertiary/aromatic N) is 1. The molecule has 0 fully saturated rings. The van der Waals surface area contributed by atoms with Crippen molar-refractivity contribution in [3.63, 3.8) is 0 Å². The third-order valence-electron chi connectivity index (χ3n) is 2.88. The van der Waals surface area contributed by atoms with Crippen molar-refractivity contribution in [2.45, 2.75) is 0 Å². The SMILES string of the molecule is O=C(/C=C/c1nc2ccccc2o1)Nc1ccc(F)cc1F. The van der Waals surface area contributed by atoms with Gasteiger partial charge in [0.2, 0.25) is 11.8 Å². The fourth-order valence-electron chi connectivity index (χ4n) is 1.87. The van der Waals surface area contributed by atoms with Gasteiger partial charge in [0.25, 0.3) is 0 Å². The van der Waals surface area contributed by atoms with Crippen LogP contribution in [0.4, 0.5) is 14.5 Å². The summed E-state index contributed by atoms with van der Waals surface area (Å²) >= 11 is 0. The summed E-state index contributed by atoms with van der Waals surface area (Å²) in [6, 6.07) is 10.1. The molecule has 0 aliphatic rings. The highest BCUT2D eigenvalue weighted by molar-refractivity contribution is 6.01. The lowest BCUT2D eigenvalue weighted by atomic mass is 10.3. The maximum atomic E-state index is 13.4. The molecule has 0 radical (unpaired) electrons. The van der Waals surface area contributed by atoms with E-state index in [1.807, 2.05) is 12.1 Å². The van der Waals surface area contributed by atoms with Crippen LogP contribution in [0.2, 0.25) is 0 Å². The molecule has 0 bridgehead atoms. The highest BCUT2D eigenvalue weighted by Gasteiger charge is 2.06. The Labute approximate surface area is 124 Å². The van der Waals surface area contributed by atoms with Crippen LogP contribution < -0.4 is 5.32 Å². The van der Waals surface area contributed by atoms with Gasteiger partial charge < -0.3 is 9.73 Å². The molecule has 1 heterocycles. The smallest absolute Gasteiger partial charge is 0.248 e. The lowest BCUT2D eigenvalue weighted by Gasteiger charge is -2.03. The minimum Gasteiger partial charge on any atom is -0.437 e. The Morgan fingerprint density at radius 1 is 1.18 bits per heavy atom. The lowest BCUT2D eigenvalue weighted by molar-refractivity contribution is -0.111. The number of carbonyl (C=O) groups is 1. The Morgan fingerprint density at radius 3 is 2.77 bits per heavy atom. The standard InChI is InChI=1S/C16H10F2N2O2/c17-10-5-6-12(11(18)9-10)19-15(21)7-8-16-20-13-3-1-2-4-14(13)22-16/h1-9H,(H,19,21)/b8-7+. The van der Waals surface area contributed by atoms with E-state index in [9.17, 15) is 13.6 Å². The Hall–Kier alpha value is -3.02. The highest BCUT2D eigenvalue weighted by Crippen LogP contribution is 2.17. The summed E-state index contributed by atoms with van der Waals surface area (Å²) in [6.07, 6.45) is 2.53. The number of benzene rings is 2. The van der Waals surface area contributed by atoms with Crippen LogP contribution in [0.15, 0.2) is 53.0 Å². The molecule has 22 heavy (non-hydrogen) atoms. The first-order chi connectivity index (χ1) is 10.6. The van der Waals surface area contributed by atoms with Crippen LogP contribution in [0, 0.1) is 11.6 Å². The monoisotopic (exact) mass is 300 g/mol. The van der Waals surface area contributed by atoms with E-state index < -0.39 is 17.5 Å². The van der Waals surface area contributed by atoms with Crippen LogP contribution in [0.25, 0.3) is 17.2 Å². The molecule has 3 rings (SSSR count). The number of amides is 1. The molecule has 0 atom stereocenters. The van der Waals surface area contributed by atoms with E-state index in [0.29, 0.717) is 17.2 Å². The quantitative estimate of drug-likeness (QED) is 0.749. The molecule has 6 heteroatoms. The molecular weight excluding hydrogens is 290 g/mol. The van der Waals surface area contributed by atoms with Crippen LogP contribution in [0.1, 0.15) is 5.89 Å². The number of fused-ring (bicyclic) bond motifs is 1. The first kappa shape index (κ1) is 13.9. The van der Waals surface area contributed by atoms with E-state index in [1.165, 1.54) is 6.08 Å². The van der Waals surface area contributed by atoms with Crippen molar-refractivity contribution in [3.05, 3.63) is 66.1 Å². The maximum absolute atomic E-state index is 13.4. The van der Waals surface area contributed by atoms with Gasteiger partial charge in [-0.2, -0.15) is 0 Å². The van der Waals surface area contributed by atoms with E-state index >= 15 is 0 Å². The largest absolute Gasteiger partial charge is 0.437 e. The Morgan fingerprint density at radius 2 is 2.00 bits per heavy atom. The van der Waals surface area contributed by atoms with E-state index in [-0.39, 0.29) is 11.6 Å². The summed E-state index contributed by atoms with van der Waals surface area (Å²) in [5.41, 5.74) is 1.17. The molecule has 0 spiro atoms. The average Bonchev–Trinajstić information content (AvgIpc) is 2.91. The zero-order valence-corrected chi connectivity index (χ0v) is 11.2. The average molecular weight is 300 g/mol. The first-order valence-corrected chi connectivity index (χ1v) is 6.41. The zero-order valence-electron chi connectivity index (χ0n) is 11.2. The number of rotatable bonds is 3. The molecule has 1 aromatic heterocycles. The second-order valence-electron chi connectivity index (χ2n) is 4.47. The fraction of sp³-hybridized carbons (Fsp3) is 0. The number of para-hydroxylation sites is 2. The number of oxazole rings is 1. The lowest BCUT2D eigenvalue weighted by Crippen LogP contribution is -2.09. The van der Waals surface area contributed by atoms with Crippen LogP contribution in [0.5, 0.6) is 0 Å². The summed E-state index contributed by atoms with van der Waals surface area (Å²) < 4.78 is 31.6. The van der Waals surface area contributed by atoms with E-state index in [1.54, 1.807) is 12.1 Å². The van der Waals surface area contributed by atoms with Crippen LogP contribution >= 0.6 is 0 Å². The van der Waals surface area contributed by atoms with Gasteiger partial charge in [-0.3, -0.25) is 4.79 Å². The number of carbonyl (C=O) groups excluding carboxylic acids is 1. The second kappa shape index (κ2) is 5.77. The van der Waals surface area contributed by atoms with Gasteiger partial charge in [0.05, 0.1) is 5.69 Å². The van der Waals surface area contributed by atoms with Gasteiger partial charge in [-0.1, -0.05) is 12.1 Å². The predicted octanol–water partition coefficient (Wildman–Crippen LogP) is 3.76. The van der Waals surface area contributed by atoms with Gasteiger partial charge in [0, 0.05) is 18.2 Å². The van der Waals surface area contributed by atoms with E-state index in [4.69, 9.17) is 4.42 Å². The van der Waals surface area contributed by atoms with Crippen molar-refractivity contribution in [2.75, 3.05) is 5.32 Å². The van der Waals surface area contributed by atoms with Crippen molar-refractivity contribution >= 4 is 28.8 Å². The fourth-order valence-corrected chi connectivity index (χ4v) is 1.87. The minimum atomic E-state index is -0.844. The molecule has 0 saturated heterocycles. The molecule has 1 N–H and O–H groups in total. The molecule has 110 valence electrons. The number of anilines is 1. The Balaban J connectivity index is 1.73.